The fourth-order valence-corrected chi connectivity index (χ4v) is 3.60. The highest BCUT2D eigenvalue weighted by atomic mass is 32.2. The largest absolute Gasteiger partial charge is 0.497 e. The Kier molecular flexibility index (Phi) is 6.08. The van der Waals surface area contributed by atoms with Gasteiger partial charge in [0.1, 0.15) is 11.5 Å². The van der Waals surface area contributed by atoms with Gasteiger partial charge in [-0.2, -0.15) is 4.37 Å². The minimum absolute atomic E-state index is 0.144. The van der Waals surface area contributed by atoms with E-state index in [4.69, 9.17) is 9.47 Å². The Hall–Kier alpha value is -2.58. The van der Waals surface area contributed by atoms with Gasteiger partial charge < -0.3 is 14.8 Å². The van der Waals surface area contributed by atoms with E-state index in [-0.39, 0.29) is 11.7 Å². The molecule has 0 spiro atoms. The van der Waals surface area contributed by atoms with E-state index in [1.165, 1.54) is 23.3 Å². The van der Waals surface area contributed by atoms with Gasteiger partial charge in [0, 0.05) is 11.6 Å². The highest BCUT2D eigenvalue weighted by Crippen LogP contribution is 2.30. The van der Waals surface area contributed by atoms with Crippen LogP contribution in [0.3, 0.4) is 0 Å². The van der Waals surface area contributed by atoms with Crippen molar-refractivity contribution in [3.05, 3.63) is 48.5 Å². The molecule has 3 aromatic rings. The van der Waals surface area contributed by atoms with Crippen molar-refractivity contribution in [1.29, 1.82) is 0 Å². The average molecular weight is 387 g/mol. The molecule has 0 radical (unpaired) electrons. The van der Waals surface area contributed by atoms with Gasteiger partial charge in [-0.15, -0.1) is 0 Å². The van der Waals surface area contributed by atoms with E-state index in [1.54, 1.807) is 32.4 Å². The molecule has 134 valence electrons. The highest BCUT2D eigenvalue weighted by Gasteiger charge is 2.12. The first kappa shape index (κ1) is 18.2. The molecule has 1 aromatic heterocycles. The summed E-state index contributed by atoms with van der Waals surface area (Å²) in [6.45, 7) is 0. The summed E-state index contributed by atoms with van der Waals surface area (Å²) in [5.74, 6) is 1.98. The number of methoxy groups -OCH3 is 2. The molecule has 0 aliphatic heterocycles. The lowest BCUT2D eigenvalue weighted by Crippen LogP contribution is -2.14. The number of nitrogens with zero attached hydrogens (tertiary/aromatic N) is 2. The van der Waals surface area contributed by atoms with E-state index in [0.717, 1.165) is 9.90 Å². The molecule has 0 saturated carbocycles. The van der Waals surface area contributed by atoms with Gasteiger partial charge in [0.15, 0.2) is 10.2 Å². The van der Waals surface area contributed by atoms with Gasteiger partial charge >= 0.3 is 0 Å². The average Bonchev–Trinajstić information content (AvgIpc) is 3.16. The van der Waals surface area contributed by atoms with Crippen molar-refractivity contribution in [2.24, 2.45) is 0 Å². The summed E-state index contributed by atoms with van der Waals surface area (Å²) in [6.07, 6.45) is 0. The molecule has 1 amide bonds. The van der Waals surface area contributed by atoms with Gasteiger partial charge in [-0.3, -0.25) is 4.79 Å². The van der Waals surface area contributed by atoms with E-state index in [1.807, 2.05) is 30.3 Å². The van der Waals surface area contributed by atoms with Crippen LogP contribution in [-0.2, 0) is 4.79 Å². The zero-order valence-corrected chi connectivity index (χ0v) is 15.9. The number of ether oxygens (including phenoxy) is 2. The van der Waals surface area contributed by atoms with E-state index < -0.39 is 0 Å². The molecule has 0 saturated heterocycles. The molecule has 26 heavy (non-hydrogen) atoms. The predicted octanol–water partition coefficient (Wildman–Crippen LogP) is 3.95. The summed E-state index contributed by atoms with van der Waals surface area (Å²) < 4.78 is 15.5. The number of nitrogens with one attached hydrogen (secondary N) is 1. The van der Waals surface area contributed by atoms with Crippen LogP contribution in [0.4, 0.5) is 5.69 Å². The van der Waals surface area contributed by atoms with Crippen molar-refractivity contribution in [3.63, 3.8) is 0 Å². The molecular weight excluding hydrogens is 370 g/mol. The van der Waals surface area contributed by atoms with Crippen LogP contribution in [0, 0.1) is 0 Å². The van der Waals surface area contributed by atoms with E-state index in [0.29, 0.717) is 23.0 Å². The van der Waals surface area contributed by atoms with Crippen molar-refractivity contribution in [2.45, 2.75) is 4.34 Å². The molecular formula is C18H17N3O3S2. The third kappa shape index (κ3) is 4.53. The number of hydrogen-bond acceptors (Lipinski definition) is 7. The number of aromatic nitrogens is 2. The summed E-state index contributed by atoms with van der Waals surface area (Å²) in [7, 11) is 3.13. The molecule has 0 unspecified atom stereocenters. The maximum absolute atomic E-state index is 12.2. The lowest BCUT2D eigenvalue weighted by Gasteiger charge is -2.11. The summed E-state index contributed by atoms with van der Waals surface area (Å²) >= 11 is 2.64. The number of benzene rings is 2. The molecule has 0 aliphatic carbocycles. The maximum Gasteiger partial charge on any atom is 0.234 e. The third-order valence-corrected chi connectivity index (χ3v) is 5.28. The molecule has 8 heteroatoms. The summed E-state index contributed by atoms with van der Waals surface area (Å²) in [4.78, 5) is 16.7. The van der Waals surface area contributed by atoms with Gasteiger partial charge in [-0.1, -0.05) is 42.1 Å². The van der Waals surface area contributed by atoms with Crippen LogP contribution in [-0.4, -0.2) is 35.2 Å². The van der Waals surface area contributed by atoms with E-state index in [9.17, 15) is 4.79 Å². The number of carbonyl (C=O) groups excluding carboxylic acids is 1. The Morgan fingerprint density at radius 3 is 2.69 bits per heavy atom. The predicted molar refractivity (Wildman–Crippen MR) is 104 cm³/mol. The van der Waals surface area contributed by atoms with Gasteiger partial charge in [0.2, 0.25) is 5.91 Å². The number of anilines is 1. The van der Waals surface area contributed by atoms with Crippen LogP contribution < -0.4 is 14.8 Å². The topological polar surface area (TPSA) is 73.3 Å². The Bertz CT molecular complexity index is 884. The normalized spacial score (nSPS) is 10.4. The third-order valence-electron chi connectivity index (χ3n) is 3.45. The van der Waals surface area contributed by atoms with Crippen molar-refractivity contribution in [2.75, 3.05) is 25.3 Å². The first-order valence-electron chi connectivity index (χ1n) is 7.73. The van der Waals surface area contributed by atoms with E-state index >= 15 is 0 Å². The van der Waals surface area contributed by atoms with Gasteiger partial charge in [0.25, 0.3) is 0 Å². The minimum Gasteiger partial charge on any atom is -0.497 e. The smallest absolute Gasteiger partial charge is 0.234 e. The standard InChI is InChI=1S/C18H17N3O3S2/c1-23-13-8-9-14(15(10-13)24-2)19-16(22)11-25-18-20-17(21-26-18)12-6-4-3-5-7-12/h3-10H,11H2,1-2H3,(H,19,22). The van der Waals surface area contributed by atoms with Crippen molar-refractivity contribution >= 4 is 34.9 Å². The number of amides is 1. The second-order valence-corrected chi connectivity index (χ2v) is 7.13. The van der Waals surface area contributed by atoms with Crippen molar-refractivity contribution in [1.82, 2.24) is 9.36 Å². The maximum atomic E-state index is 12.2. The Morgan fingerprint density at radius 2 is 1.96 bits per heavy atom. The fourth-order valence-electron chi connectivity index (χ4n) is 2.19. The molecule has 6 nitrogen and oxygen atoms in total. The van der Waals surface area contributed by atoms with Crippen LogP contribution in [0.15, 0.2) is 52.9 Å². The molecule has 0 fully saturated rings. The highest BCUT2D eigenvalue weighted by molar-refractivity contribution is 8.01. The number of rotatable bonds is 7. The van der Waals surface area contributed by atoms with Crippen molar-refractivity contribution in [3.8, 4) is 22.9 Å². The summed E-state index contributed by atoms with van der Waals surface area (Å²) in [5.41, 5.74) is 1.56. The number of thioether (sulfide) groups is 1. The van der Waals surface area contributed by atoms with Crippen LogP contribution >= 0.6 is 23.3 Å². The Labute approximate surface area is 159 Å². The molecule has 3 rings (SSSR count). The zero-order chi connectivity index (χ0) is 18.4. The molecule has 1 N–H and O–H groups in total. The summed E-state index contributed by atoms with van der Waals surface area (Å²) in [5, 5.41) is 2.84. The van der Waals surface area contributed by atoms with Crippen LogP contribution in [0.5, 0.6) is 11.5 Å². The Morgan fingerprint density at radius 1 is 1.15 bits per heavy atom. The fraction of sp³-hybridized carbons (Fsp3) is 0.167. The van der Waals surface area contributed by atoms with Crippen LogP contribution in [0.25, 0.3) is 11.4 Å². The SMILES string of the molecule is COc1ccc(NC(=O)CSc2nc(-c3ccccc3)ns2)c(OC)c1. The second kappa shape index (κ2) is 8.68. The van der Waals surface area contributed by atoms with E-state index in [2.05, 4.69) is 14.7 Å². The van der Waals surface area contributed by atoms with Gasteiger partial charge in [0.05, 0.1) is 25.7 Å². The second-order valence-electron chi connectivity index (χ2n) is 5.15. The summed E-state index contributed by atoms with van der Waals surface area (Å²) in [6, 6.07) is 15.0. The Balaban J connectivity index is 1.59. The lowest BCUT2D eigenvalue weighted by molar-refractivity contribution is -0.113. The molecule has 2 aromatic carbocycles. The minimum atomic E-state index is -0.144. The zero-order valence-electron chi connectivity index (χ0n) is 14.3. The van der Waals surface area contributed by atoms with Crippen LogP contribution in [0.1, 0.15) is 0 Å². The van der Waals surface area contributed by atoms with Crippen LogP contribution in [0.2, 0.25) is 0 Å². The van der Waals surface area contributed by atoms with Gasteiger partial charge in [-0.05, 0) is 23.7 Å². The quantitative estimate of drug-likeness (QED) is 0.619. The molecule has 0 bridgehead atoms. The lowest BCUT2D eigenvalue weighted by atomic mass is 10.2. The van der Waals surface area contributed by atoms with Gasteiger partial charge in [-0.25, -0.2) is 4.98 Å². The monoisotopic (exact) mass is 387 g/mol. The molecule has 0 aliphatic rings. The molecule has 1 heterocycles. The molecule has 0 atom stereocenters. The first-order valence-corrected chi connectivity index (χ1v) is 9.49. The number of carbonyl (C=O) groups is 1. The number of hydrogen-bond donors (Lipinski definition) is 1. The first-order chi connectivity index (χ1) is 12.7. The van der Waals surface area contributed by atoms with Crippen molar-refractivity contribution < 1.29 is 14.3 Å².